The molecule has 0 N–H and O–H groups in total. The highest BCUT2D eigenvalue weighted by atomic mass is 14.2. The SMILES string of the molecule is c1ccc(-c2ccc3c(-c4ccc5ccccc5c4)c4ccccc4c(-c4cccc5ccccc45)c3c2)cc1. The molecule has 0 nitrogen and oxygen atoms in total. The summed E-state index contributed by atoms with van der Waals surface area (Å²) in [6, 6.07) is 57.6. The van der Waals surface area contributed by atoms with E-state index >= 15 is 0 Å². The van der Waals surface area contributed by atoms with Gasteiger partial charge in [-0.25, -0.2) is 0 Å². The first-order valence-electron chi connectivity index (χ1n) is 13.9. The van der Waals surface area contributed by atoms with Crippen LogP contribution < -0.4 is 0 Å². The fourth-order valence-electron chi connectivity index (χ4n) is 6.38. The lowest BCUT2D eigenvalue weighted by Gasteiger charge is -2.20. The first kappa shape index (κ1) is 22.8. The van der Waals surface area contributed by atoms with Gasteiger partial charge in [0.15, 0.2) is 0 Å². The minimum Gasteiger partial charge on any atom is -0.0622 e. The van der Waals surface area contributed by atoms with Crippen molar-refractivity contribution >= 4 is 43.1 Å². The summed E-state index contributed by atoms with van der Waals surface area (Å²) in [6.45, 7) is 0. The molecule has 0 aromatic heterocycles. The number of fused-ring (bicyclic) bond motifs is 4. The van der Waals surface area contributed by atoms with Gasteiger partial charge in [0, 0.05) is 0 Å². The Kier molecular flexibility index (Phi) is 5.24. The molecule has 40 heavy (non-hydrogen) atoms. The number of hydrogen-bond donors (Lipinski definition) is 0. The van der Waals surface area contributed by atoms with Crippen LogP contribution >= 0.6 is 0 Å². The molecule has 186 valence electrons. The summed E-state index contributed by atoms with van der Waals surface area (Å²) < 4.78 is 0. The zero-order chi connectivity index (χ0) is 26.5. The predicted molar refractivity (Wildman–Crippen MR) is 173 cm³/mol. The van der Waals surface area contributed by atoms with Crippen LogP contribution in [0.2, 0.25) is 0 Å². The molecule has 0 radical (unpaired) electrons. The third-order valence-electron chi connectivity index (χ3n) is 8.23. The largest absolute Gasteiger partial charge is 0.0622 e. The van der Waals surface area contributed by atoms with Gasteiger partial charge in [0.05, 0.1) is 0 Å². The summed E-state index contributed by atoms with van der Waals surface area (Å²) in [6.07, 6.45) is 0. The van der Waals surface area contributed by atoms with E-state index in [1.165, 1.54) is 76.5 Å². The lowest BCUT2D eigenvalue weighted by molar-refractivity contribution is 1.64. The van der Waals surface area contributed by atoms with Gasteiger partial charge in [-0.05, 0) is 88.6 Å². The quantitative estimate of drug-likeness (QED) is 0.209. The van der Waals surface area contributed by atoms with Crippen LogP contribution in [0.4, 0.5) is 0 Å². The van der Waals surface area contributed by atoms with Crippen molar-refractivity contribution in [2.24, 2.45) is 0 Å². The van der Waals surface area contributed by atoms with Gasteiger partial charge < -0.3 is 0 Å². The second-order valence-corrected chi connectivity index (χ2v) is 10.5. The molecule has 8 rings (SSSR count). The molecule has 0 bridgehead atoms. The Morgan fingerprint density at radius 2 is 0.850 bits per heavy atom. The summed E-state index contributed by atoms with van der Waals surface area (Å²) in [5, 5.41) is 10.2. The molecule has 0 atom stereocenters. The van der Waals surface area contributed by atoms with Crippen molar-refractivity contribution in [2.75, 3.05) is 0 Å². The van der Waals surface area contributed by atoms with Crippen molar-refractivity contribution in [1.29, 1.82) is 0 Å². The zero-order valence-corrected chi connectivity index (χ0v) is 22.0. The Labute approximate surface area is 233 Å². The standard InChI is InChI=1S/C40H26/c1-2-11-27(12-3-1)31-23-24-37-38(26-31)40(34-20-10-16-29-14-6-7-17-33(29)34)36-19-9-8-18-35(36)39(37)32-22-21-28-13-4-5-15-30(28)25-32/h1-26H. The van der Waals surface area contributed by atoms with Crippen molar-refractivity contribution < 1.29 is 0 Å². The molecule has 0 saturated carbocycles. The number of rotatable bonds is 3. The van der Waals surface area contributed by atoms with E-state index in [4.69, 9.17) is 0 Å². The number of hydrogen-bond acceptors (Lipinski definition) is 0. The van der Waals surface area contributed by atoms with E-state index in [1.54, 1.807) is 0 Å². The lowest BCUT2D eigenvalue weighted by Crippen LogP contribution is -1.92. The van der Waals surface area contributed by atoms with Gasteiger partial charge in [-0.1, -0.05) is 146 Å². The summed E-state index contributed by atoms with van der Waals surface area (Å²) in [5.41, 5.74) is 7.57. The van der Waals surface area contributed by atoms with Gasteiger partial charge in [0.1, 0.15) is 0 Å². The van der Waals surface area contributed by atoms with E-state index in [1.807, 2.05) is 0 Å². The van der Waals surface area contributed by atoms with E-state index in [2.05, 4.69) is 158 Å². The topological polar surface area (TPSA) is 0 Å². The van der Waals surface area contributed by atoms with E-state index in [9.17, 15) is 0 Å². The summed E-state index contributed by atoms with van der Waals surface area (Å²) in [5.74, 6) is 0. The summed E-state index contributed by atoms with van der Waals surface area (Å²) in [7, 11) is 0. The third-order valence-corrected chi connectivity index (χ3v) is 8.23. The van der Waals surface area contributed by atoms with Gasteiger partial charge in [0.2, 0.25) is 0 Å². The molecule has 0 amide bonds. The molecule has 0 aliphatic carbocycles. The number of benzene rings is 8. The van der Waals surface area contributed by atoms with E-state index in [0.717, 1.165) is 0 Å². The Bertz CT molecular complexity index is 2200. The molecular formula is C40H26. The lowest BCUT2D eigenvalue weighted by atomic mass is 9.83. The Morgan fingerprint density at radius 1 is 0.250 bits per heavy atom. The maximum atomic E-state index is 2.40. The molecule has 0 aliphatic heterocycles. The van der Waals surface area contributed by atoms with Gasteiger partial charge in [-0.15, -0.1) is 0 Å². The molecule has 0 unspecified atom stereocenters. The average Bonchev–Trinajstić information content (AvgIpc) is 3.03. The average molecular weight is 507 g/mol. The maximum Gasteiger partial charge on any atom is -0.00199 e. The van der Waals surface area contributed by atoms with Crippen LogP contribution in [0.25, 0.3) is 76.5 Å². The molecule has 0 aliphatic rings. The van der Waals surface area contributed by atoms with Crippen LogP contribution in [0.3, 0.4) is 0 Å². The van der Waals surface area contributed by atoms with E-state index in [-0.39, 0.29) is 0 Å². The second-order valence-electron chi connectivity index (χ2n) is 10.5. The fourth-order valence-corrected chi connectivity index (χ4v) is 6.38. The minimum atomic E-state index is 1.23. The maximum absolute atomic E-state index is 2.40. The first-order chi connectivity index (χ1) is 19.8. The summed E-state index contributed by atoms with van der Waals surface area (Å²) >= 11 is 0. The second kappa shape index (κ2) is 9.22. The van der Waals surface area contributed by atoms with Crippen LogP contribution in [0.5, 0.6) is 0 Å². The van der Waals surface area contributed by atoms with Crippen molar-refractivity contribution in [3.05, 3.63) is 158 Å². The van der Waals surface area contributed by atoms with Gasteiger partial charge in [-0.2, -0.15) is 0 Å². The highest BCUT2D eigenvalue weighted by Crippen LogP contribution is 2.46. The van der Waals surface area contributed by atoms with Gasteiger partial charge in [-0.3, -0.25) is 0 Å². The molecule has 0 fully saturated rings. The van der Waals surface area contributed by atoms with E-state index < -0.39 is 0 Å². The minimum absolute atomic E-state index is 1.23. The molecule has 0 saturated heterocycles. The van der Waals surface area contributed by atoms with Crippen molar-refractivity contribution in [3.8, 4) is 33.4 Å². The van der Waals surface area contributed by atoms with Crippen molar-refractivity contribution in [1.82, 2.24) is 0 Å². The Morgan fingerprint density at radius 3 is 1.68 bits per heavy atom. The Balaban J connectivity index is 1.55. The van der Waals surface area contributed by atoms with Crippen LogP contribution in [-0.4, -0.2) is 0 Å². The van der Waals surface area contributed by atoms with Crippen molar-refractivity contribution in [3.63, 3.8) is 0 Å². The molecule has 8 aromatic carbocycles. The highest BCUT2D eigenvalue weighted by Gasteiger charge is 2.19. The fraction of sp³-hybridized carbons (Fsp3) is 0. The third kappa shape index (κ3) is 3.61. The van der Waals surface area contributed by atoms with Crippen LogP contribution in [0, 0.1) is 0 Å². The predicted octanol–water partition coefficient (Wildman–Crippen LogP) is 11.3. The highest BCUT2D eigenvalue weighted by molar-refractivity contribution is 6.24. The van der Waals surface area contributed by atoms with Gasteiger partial charge in [0.25, 0.3) is 0 Å². The zero-order valence-electron chi connectivity index (χ0n) is 22.0. The monoisotopic (exact) mass is 506 g/mol. The Hall–Kier alpha value is -5.20. The summed E-state index contributed by atoms with van der Waals surface area (Å²) in [4.78, 5) is 0. The smallest absolute Gasteiger partial charge is 0.00199 e. The first-order valence-corrected chi connectivity index (χ1v) is 13.9. The molecule has 0 spiro atoms. The molecule has 0 heterocycles. The van der Waals surface area contributed by atoms with E-state index in [0.29, 0.717) is 0 Å². The molecular weight excluding hydrogens is 480 g/mol. The van der Waals surface area contributed by atoms with Crippen LogP contribution in [-0.2, 0) is 0 Å². The van der Waals surface area contributed by atoms with Crippen molar-refractivity contribution in [2.45, 2.75) is 0 Å². The van der Waals surface area contributed by atoms with Gasteiger partial charge >= 0.3 is 0 Å². The van der Waals surface area contributed by atoms with Crippen LogP contribution in [0.1, 0.15) is 0 Å². The normalized spacial score (nSPS) is 11.5. The molecule has 0 heteroatoms. The van der Waals surface area contributed by atoms with Crippen LogP contribution in [0.15, 0.2) is 158 Å². The molecule has 8 aromatic rings.